The summed E-state index contributed by atoms with van der Waals surface area (Å²) in [7, 11) is -2.13. The van der Waals surface area contributed by atoms with Crippen molar-refractivity contribution in [2.45, 2.75) is 31.9 Å². The molecule has 0 bridgehead atoms. The summed E-state index contributed by atoms with van der Waals surface area (Å²) in [5.41, 5.74) is 16.4. The van der Waals surface area contributed by atoms with Gasteiger partial charge in [0.05, 0.1) is 6.73 Å². The van der Waals surface area contributed by atoms with Gasteiger partial charge in [-0.15, -0.1) is 0 Å². The average Bonchev–Trinajstić information content (AvgIpc) is 2.15. The predicted molar refractivity (Wildman–Crippen MR) is 66.2 cm³/mol. The van der Waals surface area contributed by atoms with Crippen molar-refractivity contribution >= 4 is 8.48 Å². The number of rotatable bonds is 9. The quantitative estimate of drug-likeness (QED) is 0.322. The van der Waals surface area contributed by atoms with Crippen molar-refractivity contribution in [3.05, 3.63) is 0 Å². The van der Waals surface area contributed by atoms with Crippen molar-refractivity contribution in [1.29, 1.82) is 0 Å². The Morgan fingerprint density at radius 1 is 1.20 bits per heavy atom. The number of nitrogens with two attached hydrogens (primary N) is 4. The van der Waals surface area contributed by atoms with Gasteiger partial charge in [0.1, 0.15) is 0 Å². The van der Waals surface area contributed by atoms with E-state index in [1.165, 1.54) is 0 Å². The molecule has 0 saturated heterocycles. The molecule has 0 heterocycles. The Hall–Kier alpha value is 0.0169. The fraction of sp³-hybridized carbons (Fsp3) is 1.00. The fourth-order valence-corrected chi connectivity index (χ4v) is 4.76. The van der Waals surface area contributed by atoms with Crippen LogP contribution >= 0.6 is 0 Å². The second kappa shape index (κ2) is 8.20. The van der Waals surface area contributed by atoms with Crippen LogP contribution in [0.25, 0.3) is 0 Å². The normalized spacial score (nSPS) is 17.4. The molecule has 0 saturated carbocycles. The van der Waals surface area contributed by atoms with Crippen LogP contribution in [0.2, 0.25) is 12.1 Å². The van der Waals surface area contributed by atoms with Gasteiger partial charge in [0.15, 0.2) is 0 Å². The number of hydrogen-bond acceptors (Lipinski definition) is 5. The highest BCUT2D eigenvalue weighted by Crippen LogP contribution is 2.20. The summed E-state index contributed by atoms with van der Waals surface area (Å²) in [5, 5.41) is 6.27. The summed E-state index contributed by atoms with van der Waals surface area (Å²) in [6.45, 7) is 3.72. The molecule has 0 spiro atoms. The van der Waals surface area contributed by atoms with Gasteiger partial charge in [-0.2, -0.15) is 0 Å². The van der Waals surface area contributed by atoms with Crippen LogP contribution in [0.4, 0.5) is 0 Å². The van der Waals surface area contributed by atoms with Crippen LogP contribution in [0.5, 0.6) is 0 Å². The minimum Gasteiger partial charge on any atom is -0.391 e. The topological polar surface area (TPSA) is 113 Å². The van der Waals surface area contributed by atoms with Crippen LogP contribution in [-0.4, -0.2) is 28.3 Å². The molecule has 15 heavy (non-hydrogen) atoms. The Kier molecular flexibility index (Phi) is 8.21. The molecule has 5 nitrogen and oxygen atoms in total. The average molecular weight is 234 g/mol. The molecule has 8 N–H and O–H groups in total. The highest BCUT2D eigenvalue weighted by Gasteiger charge is 2.31. The first-order chi connectivity index (χ1) is 7.08. The van der Waals surface area contributed by atoms with Crippen LogP contribution in [0.1, 0.15) is 19.8 Å². The van der Waals surface area contributed by atoms with E-state index >= 15 is 0 Å². The monoisotopic (exact) mass is 234 g/mol. The van der Waals surface area contributed by atoms with Crippen molar-refractivity contribution in [1.82, 2.24) is 0 Å². The summed E-state index contributed by atoms with van der Waals surface area (Å²) < 4.78 is 5.55. The van der Waals surface area contributed by atoms with Crippen molar-refractivity contribution in [2.75, 3.05) is 19.8 Å². The second-order valence-corrected chi connectivity index (χ2v) is 7.48. The van der Waals surface area contributed by atoms with Crippen LogP contribution < -0.4 is 22.6 Å². The molecule has 2 atom stereocenters. The third kappa shape index (κ3) is 6.99. The van der Waals surface area contributed by atoms with E-state index in [1.54, 1.807) is 0 Å². The maximum absolute atomic E-state index is 6.27. The van der Waals surface area contributed by atoms with Crippen LogP contribution in [-0.2, 0) is 4.43 Å². The fourth-order valence-electron chi connectivity index (χ4n) is 1.78. The SMILES string of the molecule is CC(CCN)C[Si](N)(CCCN)OCN. The molecule has 0 fully saturated rings. The number of hydrogen-bond donors (Lipinski definition) is 4. The third-order valence-electron chi connectivity index (χ3n) is 2.53. The Morgan fingerprint density at radius 2 is 1.87 bits per heavy atom. The first-order valence-electron chi connectivity index (χ1n) is 5.61. The van der Waals surface area contributed by atoms with E-state index in [1.807, 2.05) is 0 Å². The van der Waals surface area contributed by atoms with Gasteiger partial charge in [0.2, 0.25) is 0 Å². The largest absolute Gasteiger partial charge is 0.391 e. The zero-order valence-electron chi connectivity index (χ0n) is 9.74. The molecule has 2 unspecified atom stereocenters. The Balaban J connectivity index is 4.09. The Morgan fingerprint density at radius 3 is 2.33 bits per heavy atom. The Bertz CT molecular complexity index is 161. The van der Waals surface area contributed by atoms with Gasteiger partial charge in [-0.3, -0.25) is 0 Å². The second-order valence-electron chi connectivity index (χ2n) is 4.15. The molecule has 0 aliphatic heterocycles. The first-order valence-corrected chi connectivity index (χ1v) is 8.01. The minimum absolute atomic E-state index is 0.211. The van der Waals surface area contributed by atoms with E-state index in [0.717, 1.165) is 24.9 Å². The maximum atomic E-state index is 6.27. The summed E-state index contributed by atoms with van der Waals surface area (Å²) in [6, 6.07) is 1.80. The molecule has 0 aromatic heterocycles. The third-order valence-corrected chi connectivity index (χ3v) is 5.86. The lowest BCUT2D eigenvalue weighted by atomic mass is 10.1. The summed E-state index contributed by atoms with van der Waals surface area (Å²) in [5.74, 6) is 0.510. The first kappa shape index (κ1) is 15.0. The molecule has 0 aliphatic carbocycles. The molecule has 0 rings (SSSR count). The van der Waals surface area contributed by atoms with Gasteiger partial charge in [0.25, 0.3) is 8.48 Å². The van der Waals surface area contributed by atoms with Crippen molar-refractivity contribution < 1.29 is 4.43 Å². The van der Waals surface area contributed by atoms with E-state index in [4.69, 9.17) is 27.0 Å². The maximum Gasteiger partial charge on any atom is 0.267 e. The van der Waals surface area contributed by atoms with Gasteiger partial charge in [0, 0.05) is 0 Å². The van der Waals surface area contributed by atoms with E-state index in [9.17, 15) is 0 Å². The van der Waals surface area contributed by atoms with Crippen LogP contribution in [0.15, 0.2) is 0 Å². The van der Waals surface area contributed by atoms with Crippen LogP contribution in [0, 0.1) is 5.92 Å². The lowest BCUT2D eigenvalue weighted by Crippen LogP contribution is -2.51. The van der Waals surface area contributed by atoms with Crippen molar-refractivity contribution in [3.63, 3.8) is 0 Å². The summed E-state index contributed by atoms with van der Waals surface area (Å²) >= 11 is 0. The molecule has 6 heteroatoms. The standard InChI is InChI=1S/C9H26N4OSi/c1-9(3-5-11)7-15(13,14-8-12)6-2-4-10/h9H,2-8,10-13H2,1H3. The van der Waals surface area contributed by atoms with Gasteiger partial charge >= 0.3 is 0 Å². The lowest BCUT2D eigenvalue weighted by molar-refractivity contribution is 0.302. The highest BCUT2D eigenvalue weighted by molar-refractivity contribution is 6.70. The van der Waals surface area contributed by atoms with Crippen LogP contribution in [0.3, 0.4) is 0 Å². The molecule has 92 valence electrons. The molecule has 0 aliphatic rings. The molecular formula is C9H26N4OSi. The minimum atomic E-state index is -2.13. The van der Waals surface area contributed by atoms with Crippen molar-refractivity contribution in [2.24, 2.45) is 28.5 Å². The van der Waals surface area contributed by atoms with E-state index in [2.05, 4.69) is 6.92 Å². The zero-order chi connectivity index (χ0) is 11.7. The molecule has 0 aromatic carbocycles. The van der Waals surface area contributed by atoms with E-state index in [-0.39, 0.29) is 6.73 Å². The van der Waals surface area contributed by atoms with Crippen molar-refractivity contribution in [3.8, 4) is 0 Å². The molecule has 0 amide bonds. The van der Waals surface area contributed by atoms with Gasteiger partial charge in [-0.25, -0.2) is 0 Å². The van der Waals surface area contributed by atoms with Gasteiger partial charge < -0.3 is 27.0 Å². The summed E-state index contributed by atoms with van der Waals surface area (Å²) in [6.07, 6.45) is 1.90. The molecule has 0 aromatic rings. The lowest BCUT2D eigenvalue weighted by Gasteiger charge is -2.28. The zero-order valence-corrected chi connectivity index (χ0v) is 10.7. The molecular weight excluding hydrogens is 208 g/mol. The predicted octanol–water partition coefficient (Wildman–Crippen LogP) is -0.346. The molecule has 0 radical (unpaired) electrons. The highest BCUT2D eigenvalue weighted by atomic mass is 28.4. The van der Waals surface area contributed by atoms with Gasteiger partial charge in [-0.05, 0) is 43.9 Å². The van der Waals surface area contributed by atoms with E-state index in [0.29, 0.717) is 19.0 Å². The van der Waals surface area contributed by atoms with Gasteiger partial charge in [-0.1, -0.05) is 6.92 Å². The smallest absolute Gasteiger partial charge is 0.267 e. The van der Waals surface area contributed by atoms with E-state index < -0.39 is 8.48 Å². The summed E-state index contributed by atoms with van der Waals surface area (Å²) in [4.78, 5) is 0. The Labute approximate surface area is 93.7 Å².